The van der Waals surface area contributed by atoms with E-state index in [0.717, 1.165) is 17.2 Å². The number of amides is 3. The van der Waals surface area contributed by atoms with Gasteiger partial charge in [-0.2, -0.15) is 5.10 Å². The van der Waals surface area contributed by atoms with Gasteiger partial charge in [0.2, 0.25) is 11.8 Å². The second-order valence-electron chi connectivity index (χ2n) is 9.57. The van der Waals surface area contributed by atoms with Crippen molar-refractivity contribution in [3.05, 3.63) is 54.2 Å². The molecule has 0 fully saturated rings. The second kappa shape index (κ2) is 11.7. The molecule has 210 valence electrons. The van der Waals surface area contributed by atoms with Crippen LogP contribution in [0.5, 0.6) is 0 Å². The van der Waals surface area contributed by atoms with Crippen molar-refractivity contribution in [2.45, 2.75) is 38.5 Å². The van der Waals surface area contributed by atoms with E-state index in [4.69, 9.17) is 0 Å². The molecule has 3 atom stereocenters. The van der Waals surface area contributed by atoms with Gasteiger partial charge >= 0.3 is 0 Å². The molecule has 2 heterocycles. The molecule has 2 N–H and O–H groups in total. The maximum atomic E-state index is 14.2. The summed E-state index contributed by atoms with van der Waals surface area (Å²) in [6.45, 7) is 3.36. The summed E-state index contributed by atoms with van der Waals surface area (Å²) in [6, 6.07) is 11.8. The third-order valence-electron chi connectivity index (χ3n) is 6.77. The zero-order valence-corrected chi connectivity index (χ0v) is 24.0. The summed E-state index contributed by atoms with van der Waals surface area (Å²) in [5, 5.41) is 11.1. The van der Waals surface area contributed by atoms with Gasteiger partial charge in [0.05, 0.1) is 41.2 Å². The monoisotopic (exact) mass is 576 g/mol. The molecule has 3 amide bonds. The second-order valence-corrected chi connectivity index (χ2v) is 11.7. The van der Waals surface area contributed by atoms with E-state index in [0.29, 0.717) is 17.1 Å². The Morgan fingerprint density at radius 1 is 1.08 bits per heavy atom. The Morgan fingerprint density at radius 3 is 2.33 bits per heavy atom. The lowest BCUT2D eigenvalue weighted by molar-refractivity contribution is -0.129. The number of carbonyl (C=O) groups is 3. The van der Waals surface area contributed by atoms with E-state index in [1.165, 1.54) is 9.80 Å². The van der Waals surface area contributed by atoms with Crippen LogP contribution in [0.15, 0.2) is 48.5 Å². The van der Waals surface area contributed by atoms with Crippen molar-refractivity contribution in [2.75, 3.05) is 28.9 Å². The number of carbonyl (C=O) groups excluding carboxylic acids is 3. The summed E-state index contributed by atoms with van der Waals surface area (Å²) in [5.74, 6) is -2.29. The van der Waals surface area contributed by atoms with Crippen molar-refractivity contribution in [1.29, 1.82) is 0 Å². The Kier molecular flexibility index (Phi) is 9.04. The zero-order valence-electron chi connectivity index (χ0n) is 22.4. The van der Waals surface area contributed by atoms with Crippen LogP contribution >= 0.6 is 12.4 Å². The standard InChI is InChI=1S/C26H32N6O5S.ClH/c1-16(27-3)25(34)28-24-17(2)32(23(33)15-38(5,36)37)22-13-9-8-12-21(22)31(26(24)35)14-19-18-10-6-7-11-20(18)30(4)29-19;/h6-13,16-17,24,27H,14-15H2,1-5H3,(H,28,34);1H/t16-,17-,24-;/m0./s1. The third-order valence-corrected chi connectivity index (χ3v) is 7.55. The number of aromatic nitrogens is 2. The van der Waals surface area contributed by atoms with Gasteiger partial charge in [-0.25, -0.2) is 8.42 Å². The minimum Gasteiger partial charge on any atom is -0.341 e. The first-order valence-electron chi connectivity index (χ1n) is 12.2. The summed E-state index contributed by atoms with van der Waals surface area (Å²) >= 11 is 0. The van der Waals surface area contributed by atoms with E-state index in [1.807, 2.05) is 31.3 Å². The maximum absolute atomic E-state index is 14.2. The molecule has 1 aliphatic heterocycles. The molecule has 1 aromatic heterocycles. The van der Waals surface area contributed by atoms with E-state index in [9.17, 15) is 22.8 Å². The van der Waals surface area contributed by atoms with E-state index >= 15 is 0 Å². The highest BCUT2D eigenvalue weighted by atomic mass is 35.5. The molecule has 0 saturated heterocycles. The highest BCUT2D eigenvalue weighted by molar-refractivity contribution is 7.91. The van der Waals surface area contributed by atoms with Crippen molar-refractivity contribution < 1.29 is 22.8 Å². The largest absolute Gasteiger partial charge is 0.341 e. The number of benzene rings is 2. The van der Waals surface area contributed by atoms with Gasteiger partial charge in [-0.3, -0.25) is 19.1 Å². The van der Waals surface area contributed by atoms with Crippen LogP contribution in [0, 0.1) is 0 Å². The molecule has 13 heteroatoms. The molecule has 3 aromatic rings. The molecule has 39 heavy (non-hydrogen) atoms. The number of aryl methyl sites for hydroxylation is 1. The fraction of sp³-hybridized carbons (Fsp3) is 0.385. The van der Waals surface area contributed by atoms with Crippen molar-refractivity contribution in [3.8, 4) is 0 Å². The number of hydrogen-bond donors (Lipinski definition) is 2. The van der Waals surface area contributed by atoms with E-state index in [-0.39, 0.29) is 19.0 Å². The summed E-state index contributed by atoms with van der Waals surface area (Å²) in [7, 11) is -0.222. The maximum Gasteiger partial charge on any atom is 0.252 e. The lowest BCUT2D eigenvalue weighted by Gasteiger charge is -2.32. The average Bonchev–Trinajstić information content (AvgIpc) is 3.15. The fourth-order valence-electron chi connectivity index (χ4n) is 4.72. The van der Waals surface area contributed by atoms with Gasteiger partial charge in [-0.15, -0.1) is 12.4 Å². The molecule has 0 bridgehead atoms. The van der Waals surface area contributed by atoms with Crippen molar-refractivity contribution >= 4 is 62.2 Å². The number of halogens is 1. The topological polar surface area (TPSA) is 134 Å². The lowest BCUT2D eigenvalue weighted by Crippen LogP contribution is -2.60. The first-order valence-corrected chi connectivity index (χ1v) is 14.3. The van der Waals surface area contributed by atoms with Gasteiger partial charge in [0.25, 0.3) is 5.91 Å². The number of para-hydroxylation sites is 3. The molecule has 0 aliphatic carbocycles. The number of sulfone groups is 1. The Balaban J connectivity index is 0.00000420. The van der Waals surface area contributed by atoms with Gasteiger partial charge in [0.15, 0.2) is 9.84 Å². The van der Waals surface area contributed by atoms with Crippen LogP contribution in [0.3, 0.4) is 0 Å². The number of anilines is 2. The van der Waals surface area contributed by atoms with E-state index in [2.05, 4.69) is 15.7 Å². The lowest BCUT2D eigenvalue weighted by atomic mass is 10.1. The van der Waals surface area contributed by atoms with Crippen molar-refractivity contribution in [1.82, 2.24) is 20.4 Å². The molecule has 11 nitrogen and oxygen atoms in total. The minimum atomic E-state index is -3.67. The van der Waals surface area contributed by atoms with Gasteiger partial charge in [-0.1, -0.05) is 30.3 Å². The molecule has 0 saturated carbocycles. The molecule has 1 aliphatic rings. The van der Waals surface area contributed by atoms with Gasteiger partial charge in [-0.05, 0) is 39.1 Å². The quantitative estimate of drug-likeness (QED) is 0.434. The molecule has 4 rings (SSSR count). The SMILES string of the molecule is CN[C@@H](C)C(=O)N[C@@H]1C(=O)N(Cc2nn(C)c3ccccc23)c2ccccc2N(C(=O)CS(C)(=O)=O)[C@H]1C.Cl. The van der Waals surface area contributed by atoms with Gasteiger partial charge < -0.3 is 20.4 Å². The molecular formula is C26H33ClN6O5S. The molecule has 2 aromatic carbocycles. The fourth-order valence-corrected chi connectivity index (χ4v) is 5.31. The number of nitrogens with one attached hydrogen (secondary N) is 2. The molecule has 0 spiro atoms. The zero-order chi connectivity index (χ0) is 27.8. The van der Waals surface area contributed by atoms with Crippen LogP contribution in [0.1, 0.15) is 19.5 Å². The Labute approximate surface area is 233 Å². The highest BCUT2D eigenvalue weighted by Gasteiger charge is 2.43. The van der Waals surface area contributed by atoms with Gasteiger partial charge in [0.1, 0.15) is 11.8 Å². The van der Waals surface area contributed by atoms with Gasteiger partial charge in [0, 0.05) is 18.7 Å². The summed E-state index contributed by atoms with van der Waals surface area (Å²) < 4.78 is 25.9. The number of likely N-dealkylation sites (N-methyl/N-ethyl adjacent to an activating group) is 1. The molecular weight excluding hydrogens is 544 g/mol. The predicted molar refractivity (Wildman–Crippen MR) is 153 cm³/mol. The van der Waals surface area contributed by atoms with Crippen molar-refractivity contribution in [2.24, 2.45) is 7.05 Å². The van der Waals surface area contributed by atoms with Crippen LogP contribution < -0.4 is 20.4 Å². The Morgan fingerprint density at radius 2 is 1.69 bits per heavy atom. The normalized spacial score (nSPS) is 18.2. The first kappa shape index (κ1) is 30.1. The summed E-state index contributed by atoms with van der Waals surface area (Å²) in [5.41, 5.74) is 2.33. The predicted octanol–water partition coefficient (Wildman–Crippen LogP) is 1.40. The van der Waals surface area contributed by atoms with Crippen LogP contribution in [0.2, 0.25) is 0 Å². The Hall–Kier alpha value is -3.48. The number of hydrogen-bond acceptors (Lipinski definition) is 7. The third kappa shape index (κ3) is 6.07. The number of rotatable bonds is 7. The summed E-state index contributed by atoms with van der Waals surface area (Å²) in [6.07, 6.45) is 0.983. The van der Waals surface area contributed by atoms with Crippen LogP contribution in [-0.2, 0) is 37.8 Å². The number of nitrogens with zero attached hydrogens (tertiary/aromatic N) is 4. The molecule has 0 radical (unpaired) electrons. The summed E-state index contributed by atoms with van der Waals surface area (Å²) in [4.78, 5) is 43.3. The van der Waals surface area contributed by atoms with Crippen LogP contribution in [0.25, 0.3) is 10.9 Å². The average molecular weight is 577 g/mol. The van der Waals surface area contributed by atoms with Crippen molar-refractivity contribution in [3.63, 3.8) is 0 Å². The minimum absolute atomic E-state index is 0. The van der Waals surface area contributed by atoms with Crippen LogP contribution in [0.4, 0.5) is 11.4 Å². The first-order chi connectivity index (χ1) is 17.9. The van der Waals surface area contributed by atoms with Crippen LogP contribution in [-0.4, -0.2) is 73.1 Å². The smallest absolute Gasteiger partial charge is 0.252 e. The molecule has 0 unspecified atom stereocenters. The number of fused-ring (bicyclic) bond motifs is 2. The van der Waals surface area contributed by atoms with E-state index < -0.39 is 51.4 Å². The Bertz CT molecular complexity index is 1510. The highest BCUT2D eigenvalue weighted by Crippen LogP contribution is 2.37. The van der Waals surface area contributed by atoms with E-state index in [1.54, 1.807) is 49.8 Å².